The van der Waals surface area contributed by atoms with E-state index < -0.39 is 17.1 Å². The molecule has 0 aromatic heterocycles. The number of benzene rings is 1. The molecule has 0 aliphatic rings. The Kier molecular flexibility index (Phi) is 8.50. The van der Waals surface area contributed by atoms with E-state index in [1.165, 1.54) is 24.3 Å². The number of amides is 2. The maximum atomic E-state index is 12.4. The second-order valence-corrected chi connectivity index (χ2v) is 6.79. The Morgan fingerprint density at radius 3 is 2.15 bits per heavy atom. The molecule has 0 fully saturated rings. The normalized spacial score (nSPS) is 13.0. The predicted octanol–water partition coefficient (Wildman–Crippen LogP) is 2.64. The molecule has 0 spiro atoms. The number of nitrogens with zero attached hydrogens (tertiary/aromatic N) is 1. The molecule has 0 saturated carbocycles. The molecule has 2 atom stereocenters. The molecule has 9 nitrogen and oxygen atoms in total. The van der Waals surface area contributed by atoms with Crippen LogP contribution in [-0.4, -0.2) is 41.7 Å². The summed E-state index contributed by atoms with van der Waals surface area (Å²) in [6.45, 7) is 9.01. The van der Waals surface area contributed by atoms with Crippen LogP contribution in [-0.2, 0) is 9.53 Å². The fourth-order valence-corrected chi connectivity index (χ4v) is 2.17. The van der Waals surface area contributed by atoms with E-state index in [2.05, 4.69) is 10.6 Å². The lowest BCUT2D eigenvalue weighted by molar-refractivity contribution is -0.384. The van der Waals surface area contributed by atoms with Gasteiger partial charge in [0.2, 0.25) is 5.91 Å². The number of non-ortho nitro benzene ring substituents is 1. The van der Waals surface area contributed by atoms with Crippen molar-refractivity contribution in [2.24, 2.45) is 5.92 Å². The number of ether oxygens (including phenoxy) is 2. The van der Waals surface area contributed by atoms with Crippen LogP contribution in [0.25, 0.3) is 0 Å². The van der Waals surface area contributed by atoms with E-state index in [0.29, 0.717) is 5.75 Å². The number of nitro benzene ring substituents is 1. The van der Waals surface area contributed by atoms with Crippen LogP contribution in [0.2, 0.25) is 0 Å². The SMILES string of the molecule is CC(COc1ccc([N+](=O)[O-])cc1)NC(=O)[C@@H](NC(=O)OC(C)C)C(C)C. The number of nitro groups is 1. The Morgan fingerprint density at radius 1 is 1.07 bits per heavy atom. The van der Waals surface area contributed by atoms with E-state index in [-0.39, 0.29) is 36.3 Å². The first kappa shape index (κ1) is 22.2. The van der Waals surface area contributed by atoms with Gasteiger partial charge in [-0.05, 0) is 38.8 Å². The van der Waals surface area contributed by atoms with Crippen LogP contribution in [0.15, 0.2) is 24.3 Å². The molecule has 1 aromatic rings. The first-order chi connectivity index (χ1) is 12.6. The Morgan fingerprint density at radius 2 is 1.67 bits per heavy atom. The van der Waals surface area contributed by atoms with Crippen molar-refractivity contribution in [3.05, 3.63) is 34.4 Å². The van der Waals surface area contributed by atoms with Gasteiger partial charge in [-0.2, -0.15) is 0 Å². The minimum Gasteiger partial charge on any atom is -0.491 e. The van der Waals surface area contributed by atoms with Crippen molar-refractivity contribution in [2.45, 2.75) is 52.8 Å². The second kappa shape index (κ2) is 10.3. The van der Waals surface area contributed by atoms with Gasteiger partial charge in [0.25, 0.3) is 5.69 Å². The first-order valence-electron chi connectivity index (χ1n) is 8.75. The summed E-state index contributed by atoms with van der Waals surface area (Å²) in [5, 5.41) is 16.0. The quantitative estimate of drug-likeness (QED) is 0.501. The minimum atomic E-state index is -0.738. The summed E-state index contributed by atoms with van der Waals surface area (Å²) in [7, 11) is 0. The van der Waals surface area contributed by atoms with E-state index in [1.54, 1.807) is 20.8 Å². The van der Waals surface area contributed by atoms with E-state index in [1.807, 2.05) is 13.8 Å². The zero-order valence-corrected chi connectivity index (χ0v) is 16.2. The van der Waals surface area contributed by atoms with Gasteiger partial charge in [-0.3, -0.25) is 14.9 Å². The highest BCUT2D eigenvalue weighted by atomic mass is 16.6. The number of carbonyl (C=O) groups excluding carboxylic acids is 2. The van der Waals surface area contributed by atoms with Gasteiger partial charge >= 0.3 is 6.09 Å². The van der Waals surface area contributed by atoms with Gasteiger partial charge in [-0.15, -0.1) is 0 Å². The Labute approximate surface area is 158 Å². The lowest BCUT2D eigenvalue weighted by Gasteiger charge is -2.24. The third-order valence-electron chi connectivity index (χ3n) is 3.50. The van der Waals surface area contributed by atoms with E-state index in [0.717, 1.165) is 0 Å². The molecule has 1 aromatic carbocycles. The van der Waals surface area contributed by atoms with Gasteiger partial charge in [-0.1, -0.05) is 13.8 Å². The average molecular weight is 381 g/mol. The Balaban J connectivity index is 2.54. The fraction of sp³-hybridized carbons (Fsp3) is 0.556. The summed E-state index contributed by atoms with van der Waals surface area (Å²) in [6, 6.07) is 4.60. The van der Waals surface area contributed by atoms with E-state index in [9.17, 15) is 19.7 Å². The maximum absolute atomic E-state index is 12.4. The number of alkyl carbamates (subject to hydrolysis) is 1. The summed E-state index contributed by atoms with van der Waals surface area (Å²) >= 11 is 0. The second-order valence-electron chi connectivity index (χ2n) is 6.79. The van der Waals surface area contributed by atoms with Crippen molar-refractivity contribution in [3.63, 3.8) is 0 Å². The monoisotopic (exact) mass is 381 g/mol. The van der Waals surface area contributed by atoms with Crippen LogP contribution in [0.4, 0.5) is 10.5 Å². The number of rotatable bonds is 9. The highest BCUT2D eigenvalue weighted by Crippen LogP contribution is 2.17. The molecule has 150 valence electrons. The molecule has 1 rings (SSSR count). The summed E-state index contributed by atoms with van der Waals surface area (Å²) in [4.78, 5) is 34.3. The van der Waals surface area contributed by atoms with Crippen LogP contribution >= 0.6 is 0 Å². The maximum Gasteiger partial charge on any atom is 0.408 e. The van der Waals surface area contributed by atoms with Crippen molar-refractivity contribution in [1.82, 2.24) is 10.6 Å². The summed E-state index contributed by atoms with van der Waals surface area (Å²) < 4.78 is 10.5. The van der Waals surface area contributed by atoms with Crippen LogP contribution in [0.5, 0.6) is 5.75 Å². The molecule has 2 amide bonds. The molecule has 1 unspecified atom stereocenters. The molecule has 27 heavy (non-hydrogen) atoms. The highest BCUT2D eigenvalue weighted by molar-refractivity contribution is 5.86. The summed E-state index contributed by atoms with van der Waals surface area (Å²) in [5.74, 6) is -0.0150. The van der Waals surface area contributed by atoms with Gasteiger partial charge in [0.1, 0.15) is 18.4 Å². The van der Waals surface area contributed by atoms with Gasteiger partial charge in [0.05, 0.1) is 17.1 Å². The number of carbonyl (C=O) groups is 2. The first-order valence-corrected chi connectivity index (χ1v) is 8.75. The molecule has 0 heterocycles. The molecular weight excluding hydrogens is 354 g/mol. The van der Waals surface area contributed by atoms with Crippen molar-refractivity contribution in [2.75, 3.05) is 6.61 Å². The molecule has 0 radical (unpaired) electrons. The van der Waals surface area contributed by atoms with Gasteiger partial charge in [0, 0.05) is 12.1 Å². The smallest absolute Gasteiger partial charge is 0.408 e. The number of hydrogen-bond donors (Lipinski definition) is 2. The predicted molar refractivity (Wildman–Crippen MR) is 99.6 cm³/mol. The third kappa shape index (κ3) is 7.93. The third-order valence-corrected chi connectivity index (χ3v) is 3.50. The summed E-state index contributed by atoms with van der Waals surface area (Å²) in [6.07, 6.45) is -0.927. The standard InChI is InChI=1S/C18H27N3O6/c1-11(2)16(20-18(23)27-12(3)4)17(22)19-13(5)10-26-15-8-6-14(7-9-15)21(24)25/h6-9,11-13,16H,10H2,1-5H3,(H,19,22)(H,20,23)/t13?,16-/m0/s1. The van der Waals surface area contributed by atoms with Gasteiger partial charge in [0.15, 0.2) is 0 Å². The van der Waals surface area contributed by atoms with Crippen molar-refractivity contribution < 1.29 is 24.0 Å². The largest absolute Gasteiger partial charge is 0.491 e. The molecular formula is C18H27N3O6. The average Bonchev–Trinajstić information content (AvgIpc) is 2.57. The van der Waals surface area contributed by atoms with Crippen LogP contribution in [0, 0.1) is 16.0 Å². The molecule has 9 heteroatoms. The van der Waals surface area contributed by atoms with Crippen LogP contribution in [0.3, 0.4) is 0 Å². The number of nitrogens with one attached hydrogen (secondary N) is 2. The number of hydrogen-bond acceptors (Lipinski definition) is 6. The summed E-state index contributed by atoms with van der Waals surface area (Å²) in [5.41, 5.74) is -0.0252. The lowest BCUT2D eigenvalue weighted by atomic mass is 10.0. The Bertz CT molecular complexity index is 645. The van der Waals surface area contributed by atoms with E-state index in [4.69, 9.17) is 9.47 Å². The highest BCUT2D eigenvalue weighted by Gasteiger charge is 2.26. The van der Waals surface area contributed by atoms with Crippen LogP contribution < -0.4 is 15.4 Å². The van der Waals surface area contributed by atoms with Crippen molar-refractivity contribution >= 4 is 17.7 Å². The fourth-order valence-electron chi connectivity index (χ4n) is 2.17. The van der Waals surface area contributed by atoms with Gasteiger partial charge in [-0.25, -0.2) is 4.79 Å². The molecule has 2 N–H and O–H groups in total. The van der Waals surface area contributed by atoms with Crippen LogP contribution in [0.1, 0.15) is 34.6 Å². The lowest BCUT2D eigenvalue weighted by Crippen LogP contribution is -2.52. The molecule has 0 aliphatic carbocycles. The van der Waals surface area contributed by atoms with Crippen molar-refractivity contribution in [1.29, 1.82) is 0 Å². The zero-order chi connectivity index (χ0) is 20.6. The topological polar surface area (TPSA) is 120 Å². The molecule has 0 saturated heterocycles. The minimum absolute atomic E-state index is 0.0252. The molecule has 0 bridgehead atoms. The van der Waals surface area contributed by atoms with Crippen molar-refractivity contribution in [3.8, 4) is 5.75 Å². The molecule has 0 aliphatic heterocycles. The Hall–Kier alpha value is -2.84. The van der Waals surface area contributed by atoms with Gasteiger partial charge < -0.3 is 20.1 Å². The van der Waals surface area contributed by atoms with E-state index >= 15 is 0 Å². The zero-order valence-electron chi connectivity index (χ0n) is 16.2.